The Morgan fingerprint density at radius 1 is 1.35 bits per heavy atom. The number of hydrogen-bond donors (Lipinski definition) is 1. The van der Waals surface area contributed by atoms with Crippen LogP contribution in [0.1, 0.15) is 25.3 Å². The molecule has 1 aliphatic heterocycles. The molecule has 112 valence electrons. The van der Waals surface area contributed by atoms with Gasteiger partial charge < -0.3 is 19.5 Å². The Morgan fingerprint density at radius 3 is 2.80 bits per heavy atom. The molecule has 0 amide bonds. The van der Waals surface area contributed by atoms with Crippen molar-refractivity contribution in [3.8, 4) is 11.5 Å². The minimum Gasteiger partial charge on any atom is -0.504 e. The van der Waals surface area contributed by atoms with Crippen molar-refractivity contribution in [3.63, 3.8) is 0 Å². The Bertz CT molecular complexity index is 416. The summed E-state index contributed by atoms with van der Waals surface area (Å²) >= 11 is 0. The van der Waals surface area contributed by atoms with Crippen molar-refractivity contribution in [1.82, 2.24) is 4.90 Å². The number of phenols is 1. The van der Waals surface area contributed by atoms with E-state index >= 15 is 0 Å². The maximum Gasteiger partial charge on any atom is 0.162 e. The highest BCUT2D eigenvalue weighted by Gasteiger charge is 2.17. The van der Waals surface area contributed by atoms with Gasteiger partial charge in [0, 0.05) is 31.9 Å². The molecule has 20 heavy (non-hydrogen) atoms. The number of rotatable bonds is 6. The zero-order valence-corrected chi connectivity index (χ0v) is 12.5. The molecule has 0 spiro atoms. The van der Waals surface area contributed by atoms with E-state index in [0.717, 1.165) is 44.7 Å². The number of nitrogens with zero attached hydrogens (tertiary/aromatic N) is 1. The predicted octanol–water partition coefficient (Wildman–Crippen LogP) is 2.65. The van der Waals surface area contributed by atoms with Gasteiger partial charge >= 0.3 is 0 Å². The smallest absolute Gasteiger partial charge is 0.162 e. The van der Waals surface area contributed by atoms with Crippen LogP contribution in [-0.2, 0) is 11.3 Å². The summed E-state index contributed by atoms with van der Waals surface area (Å²) in [6.45, 7) is 6.03. The van der Waals surface area contributed by atoms with Gasteiger partial charge in [0.15, 0.2) is 11.5 Å². The van der Waals surface area contributed by atoms with E-state index in [9.17, 15) is 5.11 Å². The number of benzene rings is 1. The predicted molar refractivity (Wildman–Crippen MR) is 79.2 cm³/mol. The third-order valence-electron chi connectivity index (χ3n) is 3.73. The third-order valence-corrected chi connectivity index (χ3v) is 3.73. The van der Waals surface area contributed by atoms with Gasteiger partial charge in [0.2, 0.25) is 0 Å². The van der Waals surface area contributed by atoms with Crippen molar-refractivity contribution in [1.29, 1.82) is 0 Å². The van der Waals surface area contributed by atoms with E-state index in [0.29, 0.717) is 18.3 Å². The molecule has 1 saturated heterocycles. The maximum absolute atomic E-state index is 10.2. The lowest BCUT2D eigenvalue weighted by atomic mass is 9.99. The summed E-state index contributed by atoms with van der Waals surface area (Å²) in [7, 11) is 2.10. The highest BCUT2D eigenvalue weighted by molar-refractivity contribution is 5.45. The van der Waals surface area contributed by atoms with E-state index in [1.54, 1.807) is 6.07 Å². The number of ether oxygens (including phenoxy) is 2. The highest BCUT2D eigenvalue weighted by atomic mass is 16.5. The molecule has 1 aromatic carbocycles. The first-order valence-electron chi connectivity index (χ1n) is 7.40. The van der Waals surface area contributed by atoms with Crippen LogP contribution < -0.4 is 4.74 Å². The zero-order valence-electron chi connectivity index (χ0n) is 12.5. The van der Waals surface area contributed by atoms with Crippen LogP contribution in [0.15, 0.2) is 18.2 Å². The Hall–Kier alpha value is -1.26. The first-order chi connectivity index (χ1) is 9.70. The minimum absolute atomic E-state index is 0.271. The lowest BCUT2D eigenvalue weighted by molar-refractivity contribution is 0.0549. The quantitative estimate of drug-likeness (QED) is 0.869. The largest absolute Gasteiger partial charge is 0.504 e. The first-order valence-corrected chi connectivity index (χ1v) is 7.40. The molecule has 1 fully saturated rings. The Balaban J connectivity index is 1.93. The fourth-order valence-corrected chi connectivity index (χ4v) is 2.69. The molecular weight excluding hydrogens is 254 g/mol. The van der Waals surface area contributed by atoms with Crippen LogP contribution >= 0.6 is 0 Å². The summed E-state index contributed by atoms with van der Waals surface area (Å²) in [6, 6.07) is 5.70. The maximum atomic E-state index is 10.2. The van der Waals surface area contributed by atoms with E-state index < -0.39 is 0 Å². The molecule has 1 aromatic rings. The van der Waals surface area contributed by atoms with E-state index in [4.69, 9.17) is 9.47 Å². The number of phenolic OH excluding ortho intramolecular Hbond substituents is 1. The number of aromatic hydroxyl groups is 1. The normalized spacial score (nSPS) is 16.6. The summed E-state index contributed by atoms with van der Waals surface area (Å²) in [5, 5.41) is 10.2. The summed E-state index contributed by atoms with van der Waals surface area (Å²) in [6.07, 6.45) is 2.27. The van der Waals surface area contributed by atoms with Gasteiger partial charge in [-0.05, 0) is 38.8 Å². The van der Waals surface area contributed by atoms with Gasteiger partial charge in [-0.3, -0.25) is 0 Å². The molecule has 0 saturated carbocycles. The topological polar surface area (TPSA) is 41.9 Å². The van der Waals surface area contributed by atoms with E-state index in [1.807, 2.05) is 19.1 Å². The van der Waals surface area contributed by atoms with Crippen LogP contribution in [0, 0.1) is 5.92 Å². The SMILES string of the molecule is CCOc1cccc(CN(C)CC2CCOCC2)c1O. The average molecular weight is 279 g/mol. The van der Waals surface area contributed by atoms with Gasteiger partial charge in [-0.25, -0.2) is 0 Å². The molecule has 0 atom stereocenters. The number of para-hydroxylation sites is 1. The molecule has 1 aliphatic rings. The van der Waals surface area contributed by atoms with E-state index in [2.05, 4.69) is 11.9 Å². The molecule has 0 aromatic heterocycles. The Labute approximate surface area is 121 Å². The van der Waals surface area contributed by atoms with Crippen LogP contribution in [0.25, 0.3) is 0 Å². The summed E-state index contributed by atoms with van der Waals surface area (Å²) in [5.41, 5.74) is 0.922. The second-order valence-corrected chi connectivity index (χ2v) is 5.45. The first kappa shape index (κ1) is 15.1. The van der Waals surface area contributed by atoms with Gasteiger partial charge in [-0.1, -0.05) is 12.1 Å². The lowest BCUT2D eigenvalue weighted by Gasteiger charge is -2.27. The van der Waals surface area contributed by atoms with Crippen LogP contribution in [-0.4, -0.2) is 43.4 Å². The summed E-state index contributed by atoms with van der Waals surface area (Å²) in [5.74, 6) is 1.55. The molecule has 4 heteroatoms. The van der Waals surface area contributed by atoms with Gasteiger partial charge in [-0.2, -0.15) is 0 Å². The van der Waals surface area contributed by atoms with Crippen molar-refractivity contribution in [3.05, 3.63) is 23.8 Å². The third kappa shape index (κ3) is 4.12. The molecule has 4 nitrogen and oxygen atoms in total. The van der Waals surface area contributed by atoms with Gasteiger partial charge in [0.1, 0.15) is 0 Å². The monoisotopic (exact) mass is 279 g/mol. The lowest BCUT2D eigenvalue weighted by Crippen LogP contribution is -2.29. The molecule has 0 radical (unpaired) electrons. The summed E-state index contributed by atoms with van der Waals surface area (Å²) in [4.78, 5) is 2.26. The molecule has 2 rings (SSSR count). The van der Waals surface area contributed by atoms with Crippen LogP contribution in [0.2, 0.25) is 0 Å². The van der Waals surface area contributed by atoms with Crippen LogP contribution in [0.4, 0.5) is 0 Å². The number of hydrogen-bond acceptors (Lipinski definition) is 4. The van der Waals surface area contributed by atoms with E-state index in [-0.39, 0.29) is 5.75 Å². The Kier molecular flexibility index (Phi) is 5.68. The van der Waals surface area contributed by atoms with Crippen molar-refractivity contribution < 1.29 is 14.6 Å². The highest BCUT2D eigenvalue weighted by Crippen LogP contribution is 2.30. The molecule has 0 unspecified atom stereocenters. The minimum atomic E-state index is 0.271. The van der Waals surface area contributed by atoms with Gasteiger partial charge in [-0.15, -0.1) is 0 Å². The molecular formula is C16H25NO3. The zero-order chi connectivity index (χ0) is 14.4. The molecule has 1 heterocycles. The van der Waals surface area contributed by atoms with Crippen LogP contribution in [0.5, 0.6) is 11.5 Å². The molecule has 0 bridgehead atoms. The van der Waals surface area contributed by atoms with Crippen molar-refractivity contribution in [2.75, 3.05) is 33.4 Å². The molecule has 0 aliphatic carbocycles. The van der Waals surface area contributed by atoms with Gasteiger partial charge in [0.05, 0.1) is 6.61 Å². The fourth-order valence-electron chi connectivity index (χ4n) is 2.69. The average Bonchev–Trinajstić information content (AvgIpc) is 2.44. The fraction of sp³-hybridized carbons (Fsp3) is 0.625. The van der Waals surface area contributed by atoms with E-state index in [1.165, 1.54) is 0 Å². The Morgan fingerprint density at radius 2 is 2.10 bits per heavy atom. The standard InChI is InChI=1S/C16H25NO3/c1-3-20-15-6-4-5-14(16(15)18)12-17(2)11-13-7-9-19-10-8-13/h4-6,13,18H,3,7-12H2,1-2H3. The van der Waals surface area contributed by atoms with Gasteiger partial charge in [0.25, 0.3) is 0 Å². The molecule has 1 N–H and O–H groups in total. The van der Waals surface area contributed by atoms with Crippen molar-refractivity contribution in [2.24, 2.45) is 5.92 Å². The second-order valence-electron chi connectivity index (χ2n) is 5.45. The summed E-state index contributed by atoms with van der Waals surface area (Å²) < 4.78 is 10.8. The van der Waals surface area contributed by atoms with Crippen molar-refractivity contribution in [2.45, 2.75) is 26.3 Å². The van der Waals surface area contributed by atoms with Crippen molar-refractivity contribution >= 4 is 0 Å². The second kappa shape index (κ2) is 7.50. The van der Waals surface area contributed by atoms with Crippen LogP contribution in [0.3, 0.4) is 0 Å².